The van der Waals surface area contributed by atoms with Gasteiger partial charge in [0.05, 0.1) is 5.92 Å². The van der Waals surface area contributed by atoms with Crippen LogP contribution in [-0.2, 0) is 4.79 Å². The third kappa shape index (κ3) is 3.64. The summed E-state index contributed by atoms with van der Waals surface area (Å²) in [6, 6.07) is 9.92. The standard InChI is InChI=1S/C15H18N2OS/c1-3-7-13(12-8-5-4-6-9-12)14(18)17-15-16-10-11(2)19-15/h4-6,8-10,13H,3,7H2,1-2H3,(H,16,17,18). The molecule has 4 heteroatoms. The van der Waals surface area contributed by atoms with Crippen molar-refractivity contribution in [2.75, 3.05) is 5.32 Å². The van der Waals surface area contributed by atoms with Crippen LogP contribution in [0.5, 0.6) is 0 Å². The number of amides is 1. The van der Waals surface area contributed by atoms with Crippen molar-refractivity contribution in [3.63, 3.8) is 0 Å². The Labute approximate surface area is 117 Å². The Morgan fingerprint density at radius 2 is 2.11 bits per heavy atom. The number of nitrogens with one attached hydrogen (secondary N) is 1. The molecule has 0 bridgehead atoms. The van der Waals surface area contributed by atoms with Gasteiger partial charge in [-0.25, -0.2) is 4.98 Å². The van der Waals surface area contributed by atoms with Crippen molar-refractivity contribution < 1.29 is 4.79 Å². The molecule has 1 N–H and O–H groups in total. The molecular formula is C15H18N2OS. The largest absolute Gasteiger partial charge is 0.301 e. The second-order valence-corrected chi connectivity index (χ2v) is 5.75. The molecule has 0 aliphatic heterocycles. The SMILES string of the molecule is CCCC(C(=O)Nc1ncc(C)s1)c1ccccc1. The van der Waals surface area contributed by atoms with Crippen molar-refractivity contribution in [3.8, 4) is 0 Å². The zero-order chi connectivity index (χ0) is 13.7. The number of hydrogen-bond acceptors (Lipinski definition) is 3. The molecule has 0 aliphatic carbocycles. The molecule has 0 fully saturated rings. The minimum atomic E-state index is -0.101. The first kappa shape index (κ1) is 13.7. The van der Waals surface area contributed by atoms with Crippen LogP contribution in [0.2, 0.25) is 0 Å². The molecule has 2 aromatic rings. The second kappa shape index (κ2) is 6.48. The van der Waals surface area contributed by atoms with Crippen molar-refractivity contribution in [2.24, 2.45) is 0 Å². The van der Waals surface area contributed by atoms with E-state index in [0.717, 1.165) is 23.3 Å². The van der Waals surface area contributed by atoms with Gasteiger partial charge in [0.1, 0.15) is 0 Å². The Kier molecular flexibility index (Phi) is 4.68. The Bertz CT molecular complexity index is 536. The predicted octanol–water partition coefficient (Wildman–Crippen LogP) is 3.97. The summed E-state index contributed by atoms with van der Waals surface area (Å²) >= 11 is 1.50. The van der Waals surface area contributed by atoms with E-state index in [1.165, 1.54) is 11.3 Å². The van der Waals surface area contributed by atoms with Crippen LogP contribution in [-0.4, -0.2) is 10.9 Å². The number of rotatable bonds is 5. The molecule has 1 amide bonds. The highest BCUT2D eigenvalue weighted by molar-refractivity contribution is 7.15. The Balaban J connectivity index is 2.13. The number of carbonyl (C=O) groups is 1. The zero-order valence-corrected chi connectivity index (χ0v) is 12.0. The number of nitrogens with zero attached hydrogens (tertiary/aromatic N) is 1. The fraction of sp³-hybridized carbons (Fsp3) is 0.333. The van der Waals surface area contributed by atoms with E-state index in [-0.39, 0.29) is 11.8 Å². The number of aryl methyl sites for hydroxylation is 1. The van der Waals surface area contributed by atoms with Gasteiger partial charge in [-0.2, -0.15) is 0 Å². The van der Waals surface area contributed by atoms with Gasteiger partial charge in [-0.05, 0) is 18.9 Å². The molecule has 19 heavy (non-hydrogen) atoms. The molecule has 0 saturated heterocycles. The summed E-state index contributed by atoms with van der Waals surface area (Å²) in [5.74, 6) is -0.0715. The van der Waals surface area contributed by atoms with Crippen LogP contribution in [0.4, 0.5) is 5.13 Å². The van der Waals surface area contributed by atoms with Gasteiger partial charge >= 0.3 is 0 Å². The molecule has 1 atom stereocenters. The third-order valence-corrected chi connectivity index (χ3v) is 3.78. The first-order valence-corrected chi connectivity index (χ1v) is 7.30. The van der Waals surface area contributed by atoms with Crippen LogP contribution in [0.3, 0.4) is 0 Å². The Morgan fingerprint density at radius 3 is 2.68 bits per heavy atom. The zero-order valence-electron chi connectivity index (χ0n) is 11.2. The lowest BCUT2D eigenvalue weighted by molar-refractivity contribution is -0.117. The van der Waals surface area contributed by atoms with Crippen molar-refractivity contribution in [1.29, 1.82) is 0 Å². The fourth-order valence-corrected chi connectivity index (χ4v) is 2.70. The van der Waals surface area contributed by atoms with Crippen LogP contribution in [0, 0.1) is 6.92 Å². The van der Waals surface area contributed by atoms with E-state index < -0.39 is 0 Å². The van der Waals surface area contributed by atoms with E-state index in [1.807, 2.05) is 37.3 Å². The molecule has 0 radical (unpaired) electrons. The minimum Gasteiger partial charge on any atom is -0.301 e. The van der Waals surface area contributed by atoms with E-state index in [9.17, 15) is 4.79 Å². The smallest absolute Gasteiger partial charge is 0.233 e. The van der Waals surface area contributed by atoms with Crippen molar-refractivity contribution in [2.45, 2.75) is 32.6 Å². The van der Waals surface area contributed by atoms with E-state index in [2.05, 4.69) is 17.2 Å². The summed E-state index contributed by atoms with van der Waals surface area (Å²) in [6.07, 6.45) is 3.60. The first-order valence-electron chi connectivity index (χ1n) is 6.49. The summed E-state index contributed by atoms with van der Waals surface area (Å²) in [5.41, 5.74) is 1.06. The van der Waals surface area contributed by atoms with Crippen LogP contribution in [0.25, 0.3) is 0 Å². The average molecular weight is 274 g/mol. The summed E-state index contributed by atoms with van der Waals surface area (Å²) in [7, 11) is 0. The lowest BCUT2D eigenvalue weighted by Gasteiger charge is -2.15. The molecular weight excluding hydrogens is 256 g/mol. The van der Waals surface area contributed by atoms with Crippen LogP contribution in [0.15, 0.2) is 36.5 Å². The fourth-order valence-electron chi connectivity index (χ4n) is 2.03. The van der Waals surface area contributed by atoms with Gasteiger partial charge in [0.25, 0.3) is 0 Å². The van der Waals surface area contributed by atoms with E-state index in [1.54, 1.807) is 6.20 Å². The monoisotopic (exact) mass is 274 g/mol. The maximum absolute atomic E-state index is 12.4. The highest BCUT2D eigenvalue weighted by Gasteiger charge is 2.20. The van der Waals surface area contributed by atoms with Gasteiger partial charge in [-0.3, -0.25) is 4.79 Å². The normalized spacial score (nSPS) is 12.1. The molecule has 1 aromatic carbocycles. The maximum atomic E-state index is 12.4. The Hall–Kier alpha value is -1.68. The Morgan fingerprint density at radius 1 is 1.37 bits per heavy atom. The highest BCUT2D eigenvalue weighted by Crippen LogP contribution is 2.24. The number of benzene rings is 1. The lowest BCUT2D eigenvalue weighted by atomic mass is 9.94. The third-order valence-electron chi connectivity index (χ3n) is 2.95. The van der Waals surface area contributed by atoms with E-state index >= 15 is 0 Å². The number of thiazole rings is 1. The molecule has 0 spiro atoms. The van der Waals surface area contributed by atoms with Crippen LogP contribution >= 0.6 is 11.3 Å². The first-order chi connectivity index (χ1) is 9.20. The van der Waals surface area contributed by atoms with Crippen LogP contribution < -0.4 is 5.32 Å². The molecule has 0 aliphatic rings. The quantitative estimate of drug-likeness (QED) is 0.896. The van der Waals surface area contributed by atoms with Crippen LogP contribution in [0.1, 0.15) is 36.1 Å². The number of hydrogen-bond donors (Lipinski definition) is 1. The summed E-state index contributed by atoms with van der Waals surface area (Å²) in [6.45, 7) is 4.07. The summed E-state index contributed by atoms with van der Waals surface area (Å²) < 4.78 is 0. The number of anilines is 1. The number of aromatic nitrogens is 1. The van der Waals surface area contributed by atoms with Crippen molar-refractivity contribution in [3.05, 3.63) is 47.0 Å². The number of carbonyl (C=O) groups excluding carboxylic acids is 1. The van der Waals surface area contributed by atoms with E-state index in [0.29, 0.717) is 5.13 Å². The van der Waals surface area contributed by atoms with Gasteiger partial charge in [0.15, 0.2) is 5.13 Å². The molecule has 0 saturated carbocycles. The second-order valence-electron chi connectivity index (χ2n) is 4.52. The molecule has 1 heterocycles. The molecule has 100 valence electrons. The molecule has 1 unspecified atom stereocenters. The van der Waals surface area contributed by atoms with Gasteiger partial charge in [0, 0.05) is 11.1 Å². The summed E-state index contributed by atoms with van der Waals surface area (Å²) in [4.78, 5) is 17.6. The highest BCUT2D eigenvalue weighted by atomic mass is 32.1. The topological polar surface area (TPSA) is 42.0 Å². The minimum absolute atomic E-state index is 0.0300. The average Bonchev–Trinajstić information content (AvgIpc) is 2.82. The van der Waals surface area contributed by atoms with Gasteiger partial charge in [-0.15, -0.1) is 11.3 Å². The lowest BCUT2D eigenvalue weighted by Crippen LogP contribution is -2.21. The molecule has 3 nitrogen and oxygen atoms in total. The maximum Gasteiger partial charge on any atom is 0.233 e. The van der Waals surface area contributed by atoms with Crippen molar-refractivity contribution in [1.82, 2.24) is 4.98 Å². The predicted molar refractivity (Wildman–Crippen MR) is 79.6 cm³/mol. The van der Waals surface area contributed by atoms with Crippen molar-refractivity contribution >= 4 is 22.4 Å². The summed E-state index contributed by atoms with van der Waals surface area (Å²) in [5, 5.41) is 3.59. The van der Waals surface area contributed by atoms with Gasteiger partial charge in [-0.1, -0.05) is 43.7 Å². The molecule has 1 aromatic heterocycles. The molecule has 2 rings (SSSR count). The van der Waals surface area contributed by atoms with E-state index in [4.69, 9.17) is 0 Å². The van der Waals surface area contributed by atoms with Gasteiger partial charge in [0.2, 0.25) is 5.91 Å². The van der Waals surface area contributed by atoms with Gasteiger partial charge < -0.3 is 5.32 Å².